The van der Waals surface area contributed by atoms with Gasteiger partial charge in [-0.3, -0.25) is 10.2 Å². The van der Waals surface area contributed by atoms with Crippen LogP contribution in [0.4, 0.5) is 22.1 Å². The zero-order valence-corrected chi connectivity index (χ0v) is 18.0. The first-order chi connectivity index (χ1) is 15.7. The highest BCUT2D eigenvalue weighted by atomic mass is 16.7. The Bertz CT molecular complexity index is 945. The van der Waals surface area contributed by atoms with Gasteiger partial charge < -0.3 is 24.3 Å². The molecule has 2 N–H and O–H groups in total. The number of pyridine rings is 2. The summed E-state index contributed by atoms with van der Waals surface area (Å²) in [6.45, 7) is 2.53. The number of ether oxygens (including phenoxy) is 4. The normalized spacial score (nSPS) is 13.5. The molecule has 0 bridgehead atoms. The Hall–Kier alpha value is -3.30. The van der Waals surface area contributed by atoms with Crippen LogP contribution in [0.1, 0.15) is 17.5 Å². The largest absolute Gasteiger partial charge is 0.383 e. The number of carbonyl (C=O) groups is 1. The first-order valence-corrected chi connectivity index (χ1v) is 10.1. The van der Waals surface area contributed by atoms with Gasteiger partial charge in [-0.1, -0.05) is 6.07 Å². The summed E-state index contributed by atoms with van der Waals surface area (Å²) < 4.78 is 21.2. The maximum Gasteiger partial charge on any atom is 0.328 e. The molecule has 2 aromatic rings. The monoisotopic (exact) mass is 442 g/mol. The minimum absolute atomic E-state index is 0.264. The molecular weight excluding hydrogens is 416 g/mol. The molecule has 3 rings (SSSR count). The topological polar surface area (TPSA) is 131 Å². The molecule has 0 aromatic carbocycles. The van der Waals surface area contributed by atoms with Gasteiger partial charge in [0, 0.05) is 33.0 Å². The van der Waals surface area contributed by atoms with Gasteiger partial charge in [-0.25, -0.2) is 14.8 Å². The molecular formula is C21H26N6O5. The van der Waals surface area contributed by atoms with Crippen molar-refractivity contribution in [3.8, 4) is 6.07 Å². The van der Waals surface area contributed by atoms with Crippen LogP contribution in [0.5, 0.6) is 0 Å². The molecule has 11 heteroatoms. The van der Waals surface area contributed by atoms with E-state index < -0.39 is 12.3 Å². The molecule has 32 heavy (non-hydrogen) atoms. The number of nitrogens with zero attached hydrogens (tertiary/aromatic N) is 4. The molecule has 3 heterocycles. The highest BCUT2D eigenvalue weighted by Crippen LogP contribution is 2.24. The van der Waals surface area contributed by atoms with Crippen molar-refractivity contribution in [2.24, 2.45) is 0 Å². The van der Waals surface area contributed by atoms with E-state index in [0.29, 0.717) is 55.7 Å². The number of aromatic nitrogens is 2. The number of urea groups is 1. The van der Waals surface area contributed by atoms with Crippen molar-refractivity contribution in [3.63, 3.8) is 0 Å². The first kappa shape index (κ1) is 23.4. The van der Waals surface area contributed by atoms with Crippen molar-refractivity contribution in [1.29, 1.82) is 5.26 Å². The Labute approximate surface area is 186 Å². The van der Waals surface area contributed by atoms with Gasteiger partial charge in [-0.2, -0.15) is 5.26 Å². The van der Waals surface area contributed by atoms with Crippen LogP contribution in [0.15, 0.2) is 30.5 Å². The van der Waals surface area contributed by atoms with E-state index in [1.165, 1.54) is 11.1 Å². The lowest BCUT2D eigenvalue weighted by Gasteiger charge is -2.23. The number of rotatable bonds is 10. The fourth-order valence-corrected chi connectivity index (χ4v) is 2.98. The molecule has 0 atom stereocenters. The van der Waals surface area contributed by atoms with Gasteiger partial charge in [-0.15, -0.1) is 0 Å². The predicted molar refractivity (Wildman–Crippen MR) is 116 cm³/mol. The van der Waals surface area contributed by atoms with Gasteiger partial charge >= 0.3 is 6.03 Å². The van der Waals surface area contributed by atoms with Gasteiger partial charge in [0.15, 0.2) is 0 Å². The number of methoxy groups -OCH3 is 2. The smallest absolute Gasteiger partial charge is 0.328 e. The number of nitrogens with one attached hydrogen (secondary N) is 2. The van der Waals surface area contributed by atoms with Crippen molar-refractivity contribution in [3.05, 3.63) is 41.7 Å². The summed E-state index contributed by atoms with van der Waals surface area (Å²) in [5.74, 6) is 0.707. The summed E-state index contributed by atoms with van der Waals surface area (Å²) in [6.07, 6.45) is 0.848. The van der Waals surface area contributed by atoms with Crippen molar-refractivity contribution in [1.82, 2.24) is 9.97 Å². The molecule has 1 saturated heterocycles. The van der Waals surface area contributed by atoms with Crippen LogP contribution < -0.4 is 15.5 Å². The maximum atomic E-state index is 13.1. The van der Waals surface area contributed by atoms with Crippen molar-refractivity contribution >= 4 is 23.4 Å². The summed E-state index contributed by atoms with van der Waals surface area (Å²) >= 11 is 0. The second kappa shape index (κ2) is 11.9. The van der Waals surface area contributed by atoms with Crippen LogP contribution in [0.2, 0.25) is 0 Å². The summed E-state index contributed by atoms with van der Waals surface area (Å²) in [7, 11) is 3.15. The highest BCUT2D eigenvalue weighted by Gasteiger charge is 2.23. The van der Waals surface area contributed by atoms with Crippen LogP contribution >= 0.6 is 0 Å². The third kappa shape index (κ3) is 6.12. The lowest BCUT2D eigenvalue weighted by atomic mass is 10.2. The fraction of sp³-hybridized carbons (Fsp3) is 0.429. The number of hydrogen-bond donors (Lipinski definition) is 2. The SMILES string of the molecule is COCCNc1cc(NC(=O)N(CCOC)c2cccc(C3OCCO3)n2)ncc1C#N. The van der Waals surface area contributed by atoms with E-state index >= 15 is 0 Å². The number of hydrogen-bond acceptors (Lipinski definition) is 9. The van der Waals surface area contributed by atoms with Crippen LogP contribution in [0.25, 0.3) is 0 Å². The van der Waals surface area contributed by atoms with Gasteiger partial charge in [-0.05, 0) is 12.1 Å². The fourth-order valence-electron chi connectivity index (χ4n) is 2.98. The Balaban J connectivity index is 1.78. The Morgan fingerprint density at radius 1 is 1.28 bits per heavy atom. The third-order valence-corrected chi connectivity index (χ3v) is 4.54. The summed E-state index contributed by atoms with van der Waals surface area (Å²) in [6, 6.07) is 8.52. The number of amides is 2. The van der Waals surface area contributed by atoms with E-state index in [-0.39, 0.29) is 12.4 Å². The van der Waals surface area contributed by atoms with E-state index in [9.17, 15) is 10.1 Å². The molecule has 11 nitrogen and oxygen atoms in total. The van der Waals surface area contributed by atoms with Crippen molar-refractivity contribution in [2.75, 3.05) is 69.3 Å². The quantitative estimate of drug-likeness (QED) is 0.531. The average Bonchev–Trinajstić information content (AvgIpc) is 3.35. The van der Waals surface area contributed by atoms with Crippen LogP contribution in [-0.2, 0) is 18.9 Å². The lowest BCUT2D eigenvalue weighted by Crippen LogP contribution is -2.38. The molecule has 0 radical (unpaired) electrons. The molecule has 1 aliphatic heterocycles. The van der Waals surface area contributed by atoms with Crippen molar-refractivity contribution in [2.45, 2.75) is 6.29 Å². The molecule has 170 valence electrons. The van der Waals surface area contributed by atoms with Gasteiger partial charge in [0.1, 0.15) is 17.7 Å². The molecule has 0 aliphatic carbocycles. The molecule has 1 aliphatic rings. The van der Waals surface area contributed by atoms with E-state index in [2.05, 4.69) is 26.7 Å². The zero-order valence-electron chi connectivity index (χ0n) is 18.0. The predicted octanol–water partition coefficient (Wildman–Crippen LogP) is 2.14. The van der Waals surface area contributed by atoms with E-state index in [0.717, 1.165) is 0 Å². The molecule has 0 spiro atoms. The van der Waals surface area contributed by atoms with Crippen LogP contribution in [0.3, 0.4) is 0 Å². The molecule has 0 saturated carbocycles. The Morgan fingerprint density at radius 3 is 2.78 bits per heavy atom. The van der Waals surface area contributed by atoms with Crippen LogP contribution in [-0.4, -0.2) is 69.7 Å². The third-order valence-electron chi connectivity index (χ3n) is 4.54. The minimum atomic E-state index is -0.553. The number of carbonyl (C=O) groups excluding carboxylic acids is 1. The second-order valence-electron chi connectivity index (χ2n) is 6.72. The van der Waals surface area contributed by atoms with Gasteiger partial charge in [0.25, 0.3) is 0 Å². The molecule has 0 unspecified atom stereocenters. The summed E-state index contributed by atoms with van der Waals surface area (Å²) in [5.41, 5.74) is 1.49. The Kier molecular flexibility index (Phi) is 8.70. The highest BCUT2D eigenvalue weighted by molar-refractivity contribution is 6.00. The number of anilines is 3. The molecule has 1 fully saturated rings. The minimum Gasteiger partial charge on any atom is -0.383 e. The Morgan fingerprint density at radius 2 is 2.06 bits per heavy atom. The maximum absolute atomic E-state index is 13.1. The van der Waals surface area contributed by atoms with E-state index in [1.54, 1.807) is 38.5 Å². The summed E-state index contributed by atoms with van der Waals surface area (Å²) in [4.78, 5) is 23.2. The van der Waals surface area contributed by atoms with Crippen LogP contribution in [0, 0.1) is 11.3 Å². The van der Waals surface area contributed by atoms with Gasteiger partial charge in [0.05, 0.1) is 49.9 Å². The lowest BCUT2D eigenvalue weighted by molar-refractivity contribution is -0.0472. The molecule has 2 amide bonds. The van der Waals surface area contributed by atoms with E-state index in [4.69, 9.17) is 18.9 Å². The second-order valence-corrected chi connectivity index (χ2v) is 6.72. The molecule has 2 aromatic heterocycles. The zero-order chi connectivity index (χ0) is 22.8. The summed E-state index contributed by atoms with van der Waals surface area (Å²) in [5, 5.41) is 15.2. The van der Waals surface area contributed by atoms with Gasteiger partial charge in [0.2, 0.25) is 6.29 Å². The van der Waals surface area contributed by atoms with E-state index in [1.807, 2.05) is 0 Å². The first-order valence-electron chi connectivity index (χ1n) is 10.1. The standard InChI is InChI=1S/C21H26N6O5/c1-29-8-6-23-17-12-18(24-14-15(17)13-22)26-21(28)27(7-9-30-2)19-5-3-4-16(25-19)20-31-10-11-32-20/h3-5,12,14,20H,6-11H2,1-2H3,(H2,23,24,26,28). The average molecular weight is 442 g/mol. The number of nitriles is 1. The van der Waals surface area contributed by atoms with Crippen molar-refractivity contribution < 1.29 is 23.7 Å².